The van der Waals surface area contributed by atoms with Crippen molar-refractivity contribution in [2.45, 2.75) is 19.6 Å². The third kappa shape index (κ3) is 4.89. The van der Waals surface area contributed by atoms with Gasteiger partial charge in [-0.3, -0.25) is 4.79 Å². The van der Waals surface area contributed by atoms with Crippen LogP contribution in [0.25, 0.3) is 11.4 Å². The van der Waals surface area contributed by atoms with Gasteiger partial charge in [0.1, 0.15) is 11.5 Å². The molecule has 0 saturated heterocycles. The monoisotopic (exact) mass is 445 g/mol. The number of hydrogen-bond donors (Lipinski definition) is 0. The second kappa shape index (κ2) is 8.88. The van der Waals surface area contributed by atoms with Crippen LogP contribution in [0.2, 0.25) is 0 Å². The molecule has 8 heteroatoms. The average molecular weight is 446 g/mol. The number of benzene rings is 2. The summed E-state index contributed by atoms with van der Waals surface area (Å²) in [6.07, 6.45) is -0.676. The van der Waals surface area contributed by atoms with Crippen LogP contribution in [0.15, 0.2) is 57.5 Å². The molecule has 0 unspecified atom stereocenters. The summed E-state index contributed by atoms with van der Waals surface area (Å²) in [7, 11) is 3.24. The Labute approximate surface area is 171 Å². The molecular weight excluding hydrogens is 426 g/mol. The molecule has 1 heterocycles. The van der Waals surface area contributed by atoms with E-state index in [1.165, 1.54) is 4.90 Å². The predicted octanol–water partition coefficient (Wildman–Crippen LogP) is 3.93. The third-order valence-electron chi connectivity index (χ3n) is 4.00. The lowest BCUT2D eigenvalue weighted by molar-refractivity contribution is -0.137. The molecule has 1 amide bonds. The zero-order valence-corrected chi connectivity index (χ0v) is 17.3. The molecule has 2 aromatic carbocycles. The minimum Gasteiger partial charge on any atom is -0.497 e. The fourth-order valence-corrected chi connectivity index (χ4v) is 2.98. The molecule has 0 N–H and O–H groups in total. The smallest absolute Gasteiger partial charge is 0.263 e. The number of halogens is 1. The Bertz CT molecular complexity index is 960. The molecule has 0 bridgehead atoms. The molecule has 1 atom stereocenters. The van der Waals surface area contributed by atoms with E-state index in [0.717, 1.165) is 10.0 Å². The number of hydrogen-bond acceptors (Lipinski definition) is 6. The summed E-state index contributed by atoms with van der Waals surface area (Å²) >= 11 is 3.42. The summed E-state index contributed by atoms with van der Waals surface area (Å²) in [5.41, 5.74) is 0.827. The van der Waals surface area contributed by atoms with Crippen LogP contribution in [0.3, 0.4) is 0 Å². The first kappa shape index (κ1) is 19.9. The number of likely N-dealkylation sites (N-methyl/N-ethyl adjacent to an activating group) is 1. The van der Waals surface area contributed by atoms with Crippen LogP contribution in [0.4, 0.5) is 0 Å². The van der Waals surface area contributed by atoms with Crippen LogP contribution in [0.5, 0.6) is 11.5 Å². The number of nitrogens with zero attached hydrogens (tertiary/aromatic N) is 3. The first-order valence-electron chi connectivity index (χ1n) is 8.60. The lowest BCUT2D eigenvalue weighted by Gasteiger charge is -2.20. The summed E-state index contributed by atoms with van der Waals surface area (Å²) in [6, 6.07) is 14.7. The fourth-order valence-electron chi connectivity index (χ4n) is 2.58. The van der Waals surface area contributed by atoms with E-state index >= 15 is 0 Å². The van der Waals surface area contributed by atoms with E-state index in [-0.39, 0.29) is 12.5 Å². The Kier molecular flexibility index (Phi) is 6.30. The van der Waals surface area contributed by atoms with Gasteiger partial charge in [0.05, 0.1) is 13.7 Å². The van der Waals surface area contributed by atoms with Gasteiger partial charge in [-0.25, -0.2) is 0 Å². The van der Waals surface area contributed by atoms with Crippen LogP contribution in [-0.4, -0.2) is 41.2 Å². The summed E-state index contributed by atoms with van der Waals surface area (Å²) in [5, 5.41) is 3.98. The largest absolute Gasteiger partial charge is 0.497 e. The highest BCUT2D eigenvalue weighted by molar-refractivity contribution is 9.10. The molecule has 0 spiro atoms. The maximum Gasteiger partial charge on any atom is 0.263 e. The van der Waals surface area contributed by atoms with Gasteiger partial charge in [-0.2, -0.15) is 4.98 Å². The topological polar surface area (TPSA) is 77.7 Å². The molecule has 146 valence electrons. The van der Waals surface area contributed by atoms with Crippen LogP contribution < -0.4 is 9.47 Å². The van der Waals surface area contributed by atoms with Crippen molar-refractivity contribution in [3.05, 3.63) is 58.9 Å². The first-order valence-corrected chi connectivity index (χ1v) is 9.40. The van der Waals surface area contributed by atoms with Gasteiger partial charge in [-0.15, -0.1) is 0 Å². The molecule has 0 aliphatic carbocycles. The lowest BCUT2D eigenvalue weighted by atomic mass is 10.2. The first-order chi connectivity index (χ1) is 13.5. The van der Waals surface area contributed by atoms with Crippen molar-refractivity contribution in [2.75, 3.05) is 14.2 Å². The second-order valence-electron chi connectivity index (χ2n) is 6.16. The number of amides is 1. The molecule has 28 heavy (non-hydrogen) atoms. The van der Waals surface area contributed by atoms with E-state index in [0.29, 0.717) is 23.2 Å². The van der Waals surface area contributed by atoms with Crippen LogP contribution in [-0.2, 0) is 11.3 Å². The number of carbonyl (C=O) groups excluding carboxylic acids is 1. The average Bonchev–Trinajstić information content (AvgIpc) is 3.16. The minimum absolute atomic E-state index is 0.186. The molecule has 0 radical (unpaired) electrons. The number of rotatable bonds is 7. The molecule has 0 saturated carbocycles. The lowest BCUT2D eigenvalue weighted by Crippen LogP contribution is -2.37. The quantitative estimate of drug-likeness (QED) is 0.548. The SMILES string of the molecule is COc1cccc(O[C@@H](C)C(=O)N(C)Cc2nc(-c3cccc(Br)c3)no2)c1. The standard InChI is InChI=1S/C20H20BrN3O4/c1-13(27-17-9-5-8-16(11-17)26-3)20(25)24(2)12-18-22-19(23-28-18)14-6-4-7-15(21)10-14/h4-11,13H,12H2,1-3H3/t13-/m0/s1. The molecule has 0 aliphatic heterocycles. The molecular formula is C20H20BrN3O4. The van der Waals surface area contributed by atoms with Gasteiger partial charge in [0.25, 0.3) is 5.91 Å². The van der Waals surface area contributed by atoms with Gasteiger partial charge in [0.15, 0.2) is 6.10 Å². The van der Waals surface area contributed by atoms with E-state index in [9.17, 15) is 4.79 Å². The summed E-state index contributed by atoms with van der Waals surface area (Å²) in [6.45, 7) is 1.88. The Morgan fingerprint density at radius 3 is 2.71 bits per heavy atom. The van der Waals surface area contributed by atoms with Crippen molar-refractivity contribution in [1.82, 2.24) is 15.0 Å². The van der Waals surface area contributed by atoms with Crippen molar-refractivity contribution in [1.29, 1.82) is 0 Å². The number of methoxy groups -OCH3 is 1. The van der Waals surface area contributed by atoms with Gasteiger partial charge in [0, 0.05) is 23.2 Å². The normalized spacial score (nSPS) is 11.7. The Morgan fingerprint density at radius 1 is 1.21 bits per heavy atom. The number of aromatic nitrogens is 2. The summed E-state index contributed by atoms with van der Waals surface area (Å²) in [4.78, 5) is 18.5. The highest BCUT2D eigenvalue weighted by Crippen LogP contribution is 2.22. The molecule has 0 fully saturated rings. The maximum atomic E-state index is 12.6. The zero-order valence-electron chi connectivity index (χ0n) is 15.8. The van der Waals surface area contributed by atoms with Gasteiger partial charge >= 0.3 is 0 Å². The van der Waals surface area contributed by atoms with Crippen molar-refractivity contribution in [2.24, 2.45) is 0 Å². The van der Waals surface area contributed by atoms with Crippen molar-refractivity contribution in [3.63, 3.8) is 0 Å². The van der Waals surface area contributed by atoms with Gasteiger partial charge in [-0.05, 0) is 31.2 Å². The van der Waals surface area contributed by atoms with E-state index in [4.69, 9.17) is 14.0 Å². The predicted molar refractivity (Wildman–Crippen MR) is 107 cm³/mol. The zero-order chi connectivity index (χ0) is 20.1. The molecule has 3 aromatic rings. The summed E-state index contributed by atoms with van der Waals surface area (Å²) in [5.74, 6) is 1.84. The minimum atomic E-state index is -0.676. The molecule has 7 nitrogen and oxygen atoms in total. The van der Waals surface area contributed by atoms with Crippen molar-refractivity contribution in [3.8, 4) is 22.9 Å². The van der Waals surface area contributed by atoms with Gasteiger partial charge < -0.3 is 18.9 Å². The number of ether oxygens (including phenoxy) is 2. The van der Waals surface area contributed by atoms with Crippen molar-refractivity contribution >= 4 is 21.8 Å². The molecule has 0 aliphatic rings. The van der Waals surface area contributed by atoms with Gasteiger partial charge in [-0.1, -0.05) is 39.3 Å². The molecule has 1 aromatic heterocycles. The van der Waals surface area contributed by atoms with E-state index in [2.05, 4.69) is 26.1 Å². The third-order valence-corrected chi connectivity index (χ3v) is 4.49. The van der Waals surface area contributed by atoms with E-state index in [1.807, 2.05) is 30.3 Å². The Hall–Kier alpha value is -2.87. The maximum absolute atomic E-state index is 12.6. The highest BCUT2D eigenvalue weighted by Gasteiger charge is 2.21. The van der Waals surface area contributed by atoms with Crippen LogP contribution in [0, 0.1) is 0 Å². The highest BCUT2D eigenvalue weighted by atomic mass is 79.9. The van der Waals surface area contributed by atoms with Gasteiger partial charge in [0.2, 0.25) is 11.7 Å². The Morgan fingerprint density at radius 2 is 1.96 bits per heavy atom. The van der Waals surface area contributed by atoms with Crippen LogP contribution in [0.1, 0.15) is 12.8 Å². The van der Waals surface area contributed by atoms with E-state index in [1.54, 1.807) is 39.3 Å². The molecule has 3 rings (SSSR count). The number of carbonyl (C=O) groups is 1. The van der Waals surface area contributed by atoms with Crippen LogP contribution >= 0.6 is 15.9 Å². The second-order valence-corrected chi connectivity index (χ2v) is 7.07. The van der Waals surface area contributed by atoms with E-state index < -0.39 is 6.10 Å². The Balaban J connectivity index is 1.62. The fraction of sp³-hybridized carbons (Fsp3) is 0.250. The van der Waals surface area contributed by atoms with Crippen molar-refractivity contribution < 1.29 is 18.8 Å². The summed E-state index contributed by atoms with van der Waals surface area (Å²) < 4.78 is 17.1.